The van der Waals surface area contributed by atoms with Crippen LogP contribution in [-0.4, -0.2) is 51.1 Å². The summed E-state index contributed by atoms with van der Waals surface area (Å²) in [4.78, 5) is 2.46. The highest BCUT2D eigenvalue weighted by Gasteiger charge is 2.50. The second-order valence-corrected chi connectivity index (χ2v) is 12.8. The fourth-order valence-corrected chi connectivity index (χ4v) is 8.22. The van der Waals surface area contributed by atoms with Crippen molar-refractivity contribution in [1.82, 2.24) is 8.61 Å². The lowest BCUT2D eigenvalue weighted by atomic mass is 10.1. The zero-order valence-electron chi connectivity index (χ0n) is 21.1. The van der Waals surface area contributed by atoms with Crippen LogP contribution in [0.15, 0.2) is 88.7 Å². The Labute approximate surface area is 215 Å². The number of hydrogen-bond acceptors (Lipinski definition) is 5. The SMILES string of the molecule is CCN(CC)c1ccc([C@@H]2N(S(=O)(=O)c3ccc(C)cc3)C[C@H](C)N2S(=O)(=O)c2ccccc2)cc1. The fraction of sp³-hybridized carbons (Fsp3) is 0.333. The Bertz CT molecular complexity index is 1390. The molecule has 0 N–H and O–H groups in total. The lowest BCUT2D eigenvalue weighted by molar-refractivity contribution is 0.276. The number of anilines is 1. The maximum Gasteiger partial charge on any atom is 0.245 e. The lowest BCUT2D eigenvalue weighted by Gasteiger charge is -2.31. The van der Waals surface area contributed by atoms with Gasteiger partial charge in [-0.15, -0.1) is 0 Å². The number of rotatable bonds is 8. The van der Waals surface area contributed by atoms with Crippen LogP contribution in [0, 0.1) is 6.92 Å². The van der Waals surface area contributed by atoms with Gasteiger partial charge in [0.1, 0.15) is 6.17 Å². The first-order valence-electron chi connectivity index (χ1n) is 12.1. The number of benzene rings is 3. The monoisotopic (exact) mass is 527 g/mol. The minimum absolute atomic E-state index is 0.0464. The molecular formula is C27H33N3O4S2. The third-order valence-electron chi connectivity index (χ3n) is 6.66. The highest BCUT2D eigenvalue weighted by atomic mass is 32.2. The first-order valence-corrected chi connectivity index (χ1v) is 15.0. The molecule has 36 heavy (non-hydrogen) atoms. The van der Waals surface area contributed by atoms with Crippen molar-refractivity contribution >= 4 is 25.7 Å². The first kappa shape index (κ1) is 26.3. The smallest absolute Gasteiger partial charge is 0.245 e. The van der Waals surface area contributed by atoms with Crippen LogP contribution in [0.2, 0.25) is 0 Å². The van der Waals surface area contributed by atoms with Gasteiger partial charge in [-0.3, -0.25) is 0 Å². The summed E-state index contributed by atoms with van der Waals surface area (Å²) in [6.45, 7) is 9.49. The molecule has 0 aliphatic carbocycles. The van der Waals surface area contributed by atoms with Gasteiger partial charge in [-0.05, 0) is 69.7 Å². The lowest BCUT2D eigenvalue weighted by Crippen LogP contribution is -2.39. The zero-order valence-corrected chi connectivity index (χ0v) is 22.7. The molecule has 3 aromatic carbocycles. The van der Waals surface area contributed by atoms with Crippen molar-refractivity contribution in [3.05, 3.63) is 90.0 Å². The van der Waals surface area contributed by atoms with Gasteiger partial charge < -0.3 is 4.90 Å². The molecule has 0 amide bonds. The maximum absolute atomic E-state index is 13.8. The second kappa shape index (κ2) is 10.3. The Hall–Kier alpha value is -2.72. The van der Waals surface area contributed by atoms with Crippen molar-refractivity contribution in [3.8, 4) is 0 Å². The molecule has 192 valence electrons. The van der Waals surface area contributed by atoms with Gasteiger partial charge >= 0.3 is 0 Å². The van der Waals surface area contributed by atoms with Crippen LogP contribution in [-0.2, 0) is 20.0 Å². The van der Waals surface area contributed by atoms with E-state index in [-0.39, 0.29) is 16.3 Å². The third-order valence-corrected chi connectivity index (χ3v) is 10.5. The molecule has 0 bridgehead atoms. The Morgan fingerprint density at radius 2 is 1.33 bits per heavy atom. The van der Waals surface area contributed by atoms with Gasteiger partial charge in [-0.2, -0.15) is 8.61 Å². The quantitative estimate of drug-likeness (QED) is 0.427. The average Bonchev–Trinajstić information content (AvgIpc) is 3.25. The summed E-state index contributed by atoms with van der Waals surface area (Å²) in [6.07, 6.45) is -1.01. The number of hydrogen-bond donors (Lipinski definition) is 0. The molecule has 1 fully saturated rings. The van der Waals surface area contributed by atoms with Gasteiger partial charge in [0.05, 0.1) is 9.79 Å². The largest absolute Gasteiger partial charge is 0.372 e. The topological polar surface area (TPSA) is 78.0 Å². The van der Waals surface area contributed by atoms with Crippen LogP contribution in [0.4, 0.5) is 5.69 Å². The molecule has 0 aromatic heterocycles. The Morgan fingerprint density at radius 1 is 0.778 bits per heavy atom. The molecule has 1 aliphatic heterocycles. The zero-order chi connectivity index (χ0) is 26.1. The molecule has 7 nitrogen and oxygen atoms in total. The van der Waals surface area contributed by atoms with Crippen molar-refractivity contribution in [2.24, 2.45) is 0 Å². The van der Waals surface area contributed by atoms with Gasteiger partial charge in [0.15, 0.2) is 0 Å². The van der Waals surface area contributed by atoms with Crippen LogP contribution in [0.3, 0.4) is 0 Å². The van der Waals surface area contributed by atoms with Crippen LogP contribution in [0.25, 0.3) is 0 Å². The Morgan fingerprint density at radius 3 is 1.89 bits per heavy atom. The van der Waals surface area contributed by atoms with E-state index in [9.17, 15) is 16.8 Å². The van der Waals surface area contributed by atoms with E-state index in [1.54, 1.807) is 61.5 Å². The molecule has 0 unspecified atom stereocenters. The highest BCUT2D eigenvalue weighted by Crippen LogP contribution is 2.41. The van der Waals surface area contributed by atoms with Crippen LogP contribution < -0.4 is 4.90 Å². The van der Waals surface area contributed by atoms with Gasteiger partial charge in [-0.25, -0.2) is 16.8 Å². The van der Waals surface area contributed by atoms with E-state index in [0.29, 0.717) is 5.56 Å². The fourth-order valence-electron chi connectivity index (χ4n) is 4.73. The van der Waals surface area contributed by atoms with Crippen molar-refractivity contribution in [3.63, 3.8) is 0 Å². The molecule has 4 rings (SSSR count). The van der Waals surface area contributed by atoms with E-state index in [0.717, 1.165) is 24.3 Å². The standard InChI is InChI=1S/C27H33N3O4S2/c1-5-28(6-2)24-16-14-23(15-17-24)27-29(35(31,32)26-18-12-21(3)13-19-26)20-22(4)30(27)36(33,34)25-10-8-7-9-11-25/h7-19,22,27H,5-6,20H2,1-4H3/t22-,27+/m0/s1. The van der Waals surface area contributed by atoms with Crippen LogP contribution in [0.1, 0.15) is 38.1 Å². The first-order chi connectivity index (χ1) is 17.1. The normalized spacial score (nSPS) is 19.4. The molecule has 2 atom stereocenters. The van der Waals surface area contributed by atoms with Crippen molar-refractivity contribution in [2.45, 2.75) is 49.7 Å². The molecule has 1 aliphatic rings. The Balaban J connectivity index is 1.85. The van der Waals surface area contributed by atoms with Gasteiger partial charge in [0.2, 0.25) is 20.0 Å². The predicted octanol–water partition coefficient (Wildman–Crippen LogP) is 4.62. The summed E-state index contributed by atoms with van der Waals surface area (Å²) in [6, 6.07) is 21.8. The predicted molar refractivity (Wildman–Crippen MR) is 143 cm³/mol. The number of sulfonamides is 2. The molecule has 0 radical (unpaired) electrons. The minimum Gasteiger partial charge on any atom is -0.372 e. The number of nitrogens with zero attached hydrogens (tertiary/aromatic N) is 3. The number of aryl methyl sites for hydroxylation is 1. The van der Waals surface area contributed by atoms with E-state index in [2.05, 4.69) is 18.7 Å². The van der Waals surface area contributed by atoms with Crippen LogP contribution in [0.5, 0.6) is 0 Å². The van der Waals surface area contributed by atoms with Gasteiger partial charge in [-0.1, -0.05) is 48.0 Å². The Kier molecular flexibility index (Phi) is 7.56. The van der Waals surface area contributed by atoms with Gasteiger partial charge in [0.25, 0.3) is 0 Å². The van der Waals surface area contributed by atoms with Crippen molar-refractivity contribution in [2.75, 3.05) is 24.5 Å². The summed E-state index contributed by atoms with van der Waals surface area (Å²) >= 11 is 0. The minimum atomic E-state index is -3.99. The van der Waals surface area contributed by atoms with E-state index in [1.165, 1.54) is 8.61 Å². The van der Waals surface area contributed by atoms with E-state index < -0.39 is 32.3 Å². The van der Waals surface area contributed by atoms with Crippen LogP contribution >= 0.6 is 0 Å². The summed E-state index contributed by atoms with van der Waals surface area (Å²) in [5.74, 6) is 0. The molecule has 1 heterocycles. The van der Waals surface area contributed by atoms with E-state index in [4.69, 9.17) is 0 Å². The summed E-state index contributed by atoms with van der Waals surface area (Å²) < 4.78 is 58.0. The molecule has 9 heteroatoms. The maximum atomic E-state index is 13.8. The second-order valence-electron chi connectivity index (χ2n) is 9.02. The van der Waals surface area contributed by atoms with Crippen molar-refractivity contribution < 1.29 is 16.8 Å². The molecular weight excluding hydrogens is 494 g/mol. The summed E-state index contributed by atoms with van der Waals surface area (Å²) in [5.41, 5.74) is 2.55. The van der Waals surface area contributed by atoms with Gasteiger partial charge in [0, 0.05) is 31.4 Å². The van der Waals surface area contributed by atoms with E-state index in [1.807, 2.05) is 31.2 Å². The molecule has 0 spiro atoms. The highest BCUT2D eigenvalue weighted by molar-refractivity contribution is 7.90. The average molecular weight is 528 g/mol. The molecule has 1 saturated heterocycles. The molecule has 0 saturated carbocycles. The molecule has 3 aromatic rings. The summed E-state index contributed by atoms with van der Waals surface area (Å²) in [7, 11) is -7.97. The van der Waals surface area contributed by atoms with Crippen molar-refractivity contribution in [1.29, 1.82) is 0 Å². The summed E-state index contributed by atoms with van der Waals surface area (Å²) in [5, 5.41) is 0. The van der Waals surface area contributed by atoms with E-state index >= 15 is 0 Å². The third kappa shape index (κ3) is 4.80.